The number of fused-ring (bicyclic) bond motifs is 1. The van der Waals surface area contributed by atoms with Gasteiger partial charge in [-0.3, -0.25) is 9.78 Å². The van der Waals surface area contributed by atoms with Gasteiger partial charge in [-0.1, -0.05) is 11.3 Å². The van der Waals surface area contributed by atoms with Crippen LogP contribution in [-0.2, 0) is 27.9 Å². The van der Waals surface area contributed by atoms with Crippen LogP contribution in [0.1, 0.15) is 12.1 Å². The molecule has 0 aliphatic carbocycles. The number of rotatable bonds is 7. The summed E-state index contributed by atoms with van der Waals surface area (Å²) in [7, 11) is -0.588. The maximum Gasteiger partial charge on any atom is 0.242 e. The summed E-state index contributed by atoms with van der Waals surface area (Å²) < 4.78 is 27.1. The first kappa shape index (κ1) is 18.9. The second kappa shape index (κ2) is 7.80. The molecule has 0 aliphatic rings. The quantitative estimate of drug-likeness (QED) is 0.641. The lowest BCUT2D eigenvalue weighted by atomic mass is 10.3. The number of aryl methyl sites for hydroxylation is 1. The summed E-state index contributed by atoms with van der Waals surface area (Å²) in [6.45, 7) is 0.702. The number of pyridine rings is 1. The van der Waals surface area contributed by atoms with Gasteiger partial charge >= 0.3 is 0 Å². The molecule has 9 nitrogen and oxygen atoms in total. The monoisotopic (exact) mass is 388 g/mol. The fourth-order valence-corrected chi connectivity index (χ4v) is 3.40. The molecule has 0 saturated heterocycles. The van der Waals surface area contributed by atoms with E-state index in [1.807, 2.05) is 18.2 Å². The van der Waals surface area contributed by atoms with E-state index in [-0.39, 0.29) is 17.2 Å². The number of aromatic nitrogens is 4. The Balaban J connectivity index is 1.65. The summed E-state index contributed by atoms with van der Waals surface area (Å²) in [5.74, 6) is -0.129. The molecule has 0 radical (unpaired) electrons. The molecule has 1 aromatic carbocycles. The highest BCUT2D eigenvalue weighted by molar-refractivity contribution is 7.89. The molecule has 27 heavy (non-hydrogen) atoms. The van der Waals surface area contributed by atoms with Crippen LogP contribution in [-0.4, -0.2) is 52.7 Å². The highest BCUT2D eigenvalue weighted by Crippen LogP contribution is 2.19. The summed E-state index contributed by atoms with van der Waals surface area (Å²) in [6, 6.07) is 10.2. The third-order valence-electron chi connectivity index (χ3n) is 4.01. The van der Waals surface area contributed by atoms with Gasteiger partial charge in [0.05, 0.1) is 29.2 Å². The third kappa shape index (κ3) is 4.29. The Morgan fingerprint density at radius 2 is 2.04 bits per heavy atom. The molecule has 0 fully saturated rings. The van der Waals surface area contributed by atoms with Crippen molar-refractivity contribution in [1.29, 1.82) is 0 Å². The third-order valence-corrected chi connectivity index (χ3v) is 5.82. The van der Waals surface area contributed by atoms with E-state index in [1.165, 1.54) is 26.2 Å². The highest BCUT2D eigenvalue weighted by Gasteiger charge is 2.18. The minimum Gasteiger partial charge on any atom is -0.350 e. The number of amides is 1. The molecule has 0 bridgehead atoms. The molecule has 1 N–H and O–H groups in total. The first-order chi connectivity index (χ1) is 12.9. The molecule has 10 heteroatoms. The molecule has 0 spiro atoms. The van der Waals surface area contributed by atoms with Crippen molar-refractivity contribution in [3.05, 3.63) is 48.3 Å². The number of nitrogens with zero attached hydrogens (tertiary/aromatic N) is 5. The van der Waals surface area contributed by atoms with Gasteiger partial charge in [-0.15, -0.1) is 5.10 Å². The Kier molecular flexibility index (Phi) is 5.47. The standard InChI is InChI=1S/C17H20N6O3S/c1-22(2)27(25,26)14-6-7-16-15(11-14)20-21-23(16)10-8-17(24)19-12-13-5-3-4-9-18-13/h3-7,9,11H,8,10,12H2,1-2H3,(H,19,24). The van der Waals surface area contributed by atoms with Gasteiger partial charge in [0.1, 0.15) is 5.52 Å². The number of sulfonamides is 1. The van der Waals surface area contributed by atoms with Gasteiger partial charge in [-0.25, -0.2) is 17.4 Å². The molecule has 0 atom stereocenters. The SMILES string of the molecule is CN(C)S(=O)(=O)c1ccc2c(c1)nnn2CCC(=O)NCc1ccccn1. The molecule has 0 aliphatic heterocycles. The summed E-state index contributed by atoms with van der Waals surface area (Å²) >= 11 is 0. The van der Waals surface area contributed by atoms with Crippen LogP contribution >= 0.6 is 0 Å². The Bertz CT molecular complexity index is 1050. The summed E-state index contributed by atoms with van der Waals surface area (Å²) in [5, 5.41) is 10.8. The molecule has 2 aromatic heterocycles. The van der Waals surface area contributed by atoms with E-state index in [0.717, 1.165) is 10.00 Å². The van der Waals surface area contributed by atoms with Gasteiger partial charge in [-0.2, -0.15) is 0 Å². The maximum absolute atomic E-state index is 12.2. The van der Waals surface area contributed by atoms with Crippen LogP contribution in [0.4, 0.5) is 0 Å². The number of carbonyl (C=O) groups is 1. The fourth-order valence-electron chi connectivity index (χ4n) is 2.48. The lowest BCUT2D eigenvalue weighted by Crippen LogP contribution is -2.24. The Labute approximate surface area is 157 Å². The van der Waals surface area contributed by atoms with Crippen molar-refractivity contribution in [2.45, 2.75) is 24.4 Å². The number of benzene rings is 1. The van der Waals surface area contributed by atoms with Crippen molar-refractivity contribution in [1.82, 2.24) is 29.6 Å². The minimum atomic E-state index is -3.53. The first-order valence-corrected chi connectivity index (χ1v) is 9.74. The second-order valence-electron chi connectivity index (χ2n) is 6.10. The average molecular weight is 388 g/mol. The number of hydrogen-bond acceptors (Lipinski definition) is 6. The Morgan fingerprint density at radius 3 is 2.74 bits per heavy atom. The van der Waals surface area contributed by atoms with E-state index in [4.69, 9.17) is 0 Å². The molecule has 3 rings (SSSR count). The lowest BCUT2D eigenvalue weighted by Gasteiger charge is -2.11. The van der Waals surface area contributed by atoms with Crippen LogP contribution in [0.25, 0.3) is 11.0 Å². The zero-order valence-electron chi connectivity index (χ0n) is 15.0. The Hall–Kier alpha value is -2.85. The summed E-state index contributed by atoms with van der Waals surface area (Å²) in [4.78, 5) is 16.3. The van der Waals surface area contributed by atoms with Crippen molar-refractivity contribution in [2.75, 3.05) is 14.1 Å². The number of carbonyl (C=O) groups excluding carboxylic acids is 1. The van der Waals surface area contributed by atoms with E-state index in [1.54, 1.807) is 16.9 Å². The molecular weight excluding hydrogens is 368 g/mol. The van der Waals surface area contributed by atoms with Crippen LogP contribution in [0.15, 0.2) is 47.5 Å². The van der Waals surface area contributed by atoms with Gasteiger partial charge in [0.25, 0.3) is 0 Å². The van der Waals surface area contributed by atoms with Crippen molar-refractivity contribution in [3.63, 3.8) is 0 Å². The van der Waals surface area contributed by atoms with Gasteiger partial charge in [0.2, 0.25) is 15.9 Å². The Morgan fingerprint density at radius 1 is 1.22 bits per heavy atom. The van der Waals surface area contributed by atoms with Crippen molar-refractivity contribution in [2.24, 2.45) is 0 Å². The van der Waals surface area contributed by atoms with E-state index < -0.39 is 10.0 Å². The average Bonchev–Trinajstić information content (AvgIpc) is 3.07. The molecule has 0 saturated carbocycles. The summed E-state index contributed by atoms with van der Waals surface area (Å²) in [6.07, 6.45) is 1.90. The predicted octanol–water partition coefficient (Wildman–Crippen LogP) is 0.783. The van der Waals surface area contributed by atoms with E-state index >= 15 is 0 Å². The van der Waals surface area contributed by atoms with Crippen LogP contribution in [0, 0.1) is 0 Å². The molecular formula is C17H20N6O3S. The van der Waals surface area contributed by atoms with Crippen LogP contribution in [0.5, 0.6) is 0 Å². The highest BCUT2D eigenvalue weighted by atomic mass is 32.2. The smallest absolute Gasteiger partial charge is 0.242 e. The zero-order valence-corrected chi connectivity index (χ0v) is 15.8. The molecule has 2 heterocycles. The van der Waals surface area contributed by atoms with Gasteiger partial charge in [-0.05, 0) is 30.3 Å². The van der Waals surface area contributed by atoms with E-state index in [0.29, 0.717) is 24.1 Å². The van der Waals surface area contributed by atoms with Crippen LogP contribution in [0.2, 0.25) is 0 Å². The van der Waals surface area contributed by atoms with Gasteiger partial charge in [0, 0.05) is 26.7 Å². The number of hydrogen-bond donors (Lipinski definition) is 1. The second-order valence-corrected chi connectivity index (χ2v) is 8.25. The van der Waals surface area contributed by atoms with Crippen molar-refractivity contribution in [3.8, 4) is 0 Å². The van der Waals surface area contributed by atoms with Gasteiger partial charge in [0.15, 0.2) is 0 Å². The molecule has 142 valence electrons. The minimum absolute atomic E-state index is 0.129. The zero-order chi connectivity index (χ0) is 19.4. The number of nitrogens with one attached hydrogen (secondary N) is 1. The van der Waals surface area contributed by atoms with Crippen LogP contribution < -0.4 is 5.32 Å². The molecule has 0 unspecified atom stereocenters. The normalized spacial score (nSPS) is 11.8. The van der Waals surface area contributed by atoms with Crippen molar-refractivity contribution < 1.29 is 13.2 Å². The first-order valence-electron chi connectivity index (χ1n) is 8.30. The predicted molar refractivity (Wildman–Crippen MR) is 99.1 cm³/mol. The molecule has 1 amide bonds. The van der Waals surface area contributed by atoms with Gasteiger partial charge < -0.3 is 5.32 Å². The summed E-state index contributed by atoms with van der Waals surface area (Å²) in [5.41, 5.74) is 1.92. The van der Waals surface area contributed by atoms with E-state index in [9.17, 15) is 13.2 Å². The van der Waals surface area contributed by atoms with E-state index in [2.05, 4.69) is 20.6 Å². The van der Waals surface area contributed by atoms with Crippen LogP contribution in [0.3, 0.4) is 0 Å². The maximum atomic E-state index is 12.2. The van der Waals surface area contributed by atoms with Crippen molar-refractivity contribution >= 4 is 27.0 Å². The molecule has 3 aromatic rings. The lowest BCUT2D eigenvalue weighted by molar-refractivity contribution is -0.121. The largest absolute Gasteiger partial charge is 0.350 e. The topological polar surface area (TPSA) is 110 Å². The fraction of sp³-hybridized carbons (Fsp3) is 0.294.